The summed E-state index contributed by atoms with van der Waals surface area (Å²) in [5.74, 6) is -0.148. The quantitative estimate of drug-likeness (QED) is 0.782. The summed E-state index contributed by atoms with van der Waals surface area (Å²) in [5.41, 5.74) is 1.71. The molecule has 0 aromatic heterocycles. The van der Waals surface area contributed by atoms with Crippen molar-refractivity contribution in [3.63, 3.8) is 0 Å². The number of halogens is 1. The predicted molar refractivity (Wildman–Crippen MR) is 101 cm³/mol. The van der Waals surface area contributed by atoms with Gasteiger partial charge >= 0.3 is 0 Å². The minimum atomic E-state index is -0.436. The van der Waals surface area contributed by atoms with Crippen molar-refractivity contribution in [2.24, 2.45) is 0 Å². The van der Waals surface area contributed by atoms with E-state index in [4.69, 9.17) is 9.47 Å². The minimum absolute atomic E-state index is 0.0426. The van der Waals surface area contributed by atoms with Gasteiger partial charge in [-0.15, -0.1) is 0 Å². The zero-order valence-corrected chi connectivity index (χ0v) is 15.7. The van der Waals surface area contributed by atoms with E-state index in [-0.39, 0.29) is 11.7 Å². The number of hydrogen-bond acceptors (Lipinski definition) is 4. The van der Waals surface area contributed by atoms with Gasteiger partial charge in [-0.3, -0.25) is 9.69 Å². The Bertz CT molecular complexity index is 763. The van der Waals surface area contributed by atoms with E-state index in [0.717, 1.165) is 11.1 Å². The van der Waals surface area contributed by atoms with Gasteiger partial charge < -0.3 is 14.4 Å². The lowest BCUT2D eigenvalue weighted by Gasteiger charge is -2.34. The molecular formula is C21H25FN2O3. The molecule has 1 atom stereocenters. The summed E-state index contributed by atoms with van der Waals surface area (Å²) in [6, 6.07) is 14.1. The zero-order valence-electron chi connectivity index (χ0n) is 15.7. The smallest absolute Gasteiger partial charge is 0.244 e. The summed E-state index contributed by atoms with van der Waals surface area (Å²) >= 11 is 0. The molecule has 0 bridgehead atoms. The van der Waals surface area contributed by atoms with Crippen molar-refractivity contribution < 1.29 is 18.7 Å². The van der Waals surface area contributed by atoms with Crippen molar-refractivity contribution >= 4 is 5.91 Å². The van der Waals surface area contributed by atoms with E-state index < -0.39 is 11.9 Å². The highest BCUT2D eigenvalue weighted by Gasteiger charge is 2.30. The zero-order chi connectivity index (χ0) is 19.2. The lowest BCUT2D eigenvalue weighted by Crippen LogP contribution is -2.46. The Hall–Kier alpha value is -2.44. The van der Waals surface area contributed by atoms with Crippen LogP contribution in [0.15, 0.2) is 48.5 Å². The van der Waals surface area contributed by atoms with Gasteiger partial charge in [0.2, 0.25) is 5.91 Å². The van der Waals surface area contributed by atoms with E-state index in [1.165, 1.54) is 13.2 Å². The first-order chi connectivity index (χ1) is 13.1. The fraction of sp³-hybridized carbons (Fsp3) is 0.381. The Labute approximate surface area is 159 Å². The molecule has 1 unspecified atom stereocenters. The normalized spacial score (nSPS) is 15.6. The molecule has 144 valence electrons. The maximum atomic E-state index is 14.0. The maximum Gasteiger partial charge on any atom is 0.244 e. The van der Waals surface area contributed by atoms with Crippen LogP contribution in [0.5, 0.6) is 5.75 Å². The summed E-state index contributed by atoms with van der Waals surface area (Å²) < 4.78 is 24.4. The molecule has 0 aliphatic carbocycles. The summed E-state index contributed by atoms with van der Waals surface area (Å²) in [5, 5.41) is 0. The molecule has 6 heteroatoms. The molecule has 1 heterocycles. The Kier molecular flexibility index (Phi) is 6.42. The second kappa shape index (κ2) is 8.97. The van der Waals surface area contributed by atoms with Crippen LogP contribution in [0.2, 0.25) is 0 Å². The number of benzene rings is 2. The summed E-state index contributed by atoms with van der Waals surface area (Å²) in [6.45, 7) is 2.73. The largest absolute Gasteiger partial charge is 0.494 e. The van der Waals surface area contributed by atoms with Gasteiger partial charge in [0.15, 0.2) is 11.6 Å². The number of amides is 1. The molecule has 0 N–H and O–H groups in total. The molecule has 1 aliphatic rings. The van der Waals surface area contributed by atoms with Crippen LogP contribution in [-0.4, -0.2) is 56.2 Å². The van der Waals surface area contributed by atoms with Gasteiger partial charge in [-0.2, -0.15) is 0 Å². The van der Waals surface area contributed by atoms with Gasteiger partial charge in [-0.25, -0.2) is 4.39 Å². The van der Waals surface area contributed by atoms with Crippen LogP contribution in [0.25, 0.3) is 0 Å². The molecular weight excluding hydrogens is 347 g/mol. The number of nitrogens with zero attached hydrogens (tertiary/aromatic N) is 2. The van der Waals surface area contributed by atoms with Crippen molar-refractivity contribution in [2.75, 3.05) is 40.5 Å². The summed E-state index contributed by atoms with van der Waals surface area (Å²) in [7, 11) is 3.33. The second-order valence-electron chi connectivity index (χ2n) is 6.63. The first kappa shape index (κ1) is 19.3. The lowest BCUT2D eigenvalue weighted by molar-refractivity contribution is -0.141. The fourth-order valence-corrected chi connectivity index (χ4v) is 3.37. The van der Waals surface area contributed by atoms with Gasteiger partial charge in [-0.1, -0.05) is 36.4 Å². The number of rotatable bonds is 6. The molecule has 27 heavy (non-hydrogen) atoms. The van der Waals surface area contributed by atoms with E-state index >= 15 is 0 Å². The van der Waals surface area contributed by atoms with E-state index in [2.05, 4.69) is 0 Å². The van der Waals surface area contributed by atoms with E-state index in [9.17, 15) is 9.18 Å². The molecule has 1 saturated heterocycles. The number of likely N-dealkylation sites (N-methyl/N-ethyl adjacent to an activating group) is 1. The van der Waals surface area contributed by atoms with Crippen molar-refractivity contribution in [1.29, 1.82) is 0 Å². The monoisotopic (exact) mass is 372 g/mol. The Morgan fingerprint density at radius 3 is 2.56 bits per heavy atom. The highest BCUT2D eigenvalue weighted by molar-refractivity contribution is 5.83. The molecule has 0 saturated carbocycles. The molecule has 2 aromatic carbocycles. The van der Waals surface area contributed by atoms with Crippen molar-refractivity contribution in [3.05, 3.63) is 65.5 Å². The van der Waals surface area contributed by atoms with Gasteiger partial charge in [0.25, 0.3) is 0 Å². The first-order valence-corrected chi connectivity index (χ1v) is 9.04. The summed E-state index contributed by atoms with van der Waals surface area (Å²) in [6.07, 6.45) is 0. The first-order valence-electron chi connectivity index (χ1n) is 9.04. The average Bonchev–Trinajstić information content (AvgIpc) is 2.70. The molecule has 1 fully saturated rings. The molecule has 5 nitrogen and oxygen atoms in total. The number of carbonyl (C=O) groups excluding carboxylic acids is 1. The Morgan fingerprint density at radius 2 is 1.93 bits per heavy atom. The molecule has 1 amide bonds. The van der Waals surface area contributed by atoms with Crippen LogP contribution in [-0.2, 0) is 16.1 Å². The molecule has 2 aromatic rings. The molecule has 1 aliphatic heterocycles. The van der Waals surface area contributed by atoms with Gasteiger partial charge in [-0.05, 0) is 30.3 Å². The highest BCUT2D eigenvalue weighted by Crippen LogP contribution is 2.26. The second-order valence-corrected chi connectivity index (χ2v) is 6.63. The van der Waals surface area contributed by atoms with Crippen LogP contribution in [0.1, 0.15) is 17.2 Å². The molecule has 3 rings (SSSR count). The predicted octanol–water partition coefficient (Wildman–Crippen LogP) is 2.87. The third kappa shape index (κ3) is 4.64. The number of methoxy groups -OCH3 is 1. The van der Waals surface area contributed by atoms with Crippen LogP contribution >= 0.6 is 0 Å². The third-order valence-corrected chi connectivity index (χ3v) is 4.76. The Morgan fingerprint density at radius 1 is 1.22 bits per heavy atom. The number of hydrogen-bond donors (Lipinski definition) is 0. The van der Waals surface area contributed by atoms with E-state index in [1.54, 1.807) is 6.07 Å². The highest BCUT2D eigenvalue weighted by atomic mass is 19.1. The lowest BCUT2D eigenvalue weighted by atomic mass is 10.0. The average molecular weight is 372 g/mol. The van der Waals surface area contributed by atoms with Gasteiger partial charge in [0, 0.05) is 19.6 Å². The van der Waals surface area contributed by atoms with Crippen molar-refractivity contribution in [3.8, 4) is 5.75 Å². The minimum Gasteiger partial charge on any atom is -0.494 e. The van der Waals surface area contributed by atoms with Crippen LogP contribution < -0.4 is 4.74 Å². The summed E-state index contributed by atoms with van der Waals surface area (Å²) in [4.78, 5) is 17.0. The van der Waals surface area contributed by atoms with E-state index in [1.807, 2.05) is 53.2 Å². The standard InChI is InChI=1S/C21H25FN2O3/c1-23(15-16-8-9-19(26-2)18(22)14-16)20(17-6-4-3-5-7-17)21(25)24-10-12-27-13-11-24/h3-9,14,20H,10-13,15H2,1-2H3. The van der Waals surface area contributed by atoms with E-state index in [0.29, 0.717) is 32.8 Å². The Balaban J connectivity index is 1.83. The van der Waals surface area contributed by atoms with Crippen molar-refractivity contribution in [2.45, 2.75) is 12.6 Å². The van der Waals surface area contributed by atoms with Crippen LogP contribution in [0, 0.1) is 5.82 Å². The van der Waals surface area contributed by atoms with Crippen molar-refractivity contribution in [1.82, 2.24) is 9.80 Å². The molecule has 0 radical (unpaired) electrons. The van der Waals surface area contributed by atoms with Crippen LogP contribution in [0.3, 0.4) is 0 Å². The van der Waals surface area contributed by atoms with Gasteiger partial charge in [0.1, 0.15) is 6.04 Å². The maximum absolute atomic E-state index is 14.0. The third-order valence-electron chi connectivity index (χ3n) is 4.76. The SMILES string of the molecule is COc1ccc(CN(C)C(C(=O)N2CCOCC2)c2ccccc2)cc1F. The molecule has 0 spiro atoms. The van der Waals surface area contributed by atoms with Gasteiger partial charge in [0.05, 0.1) is 20.3 Å². The number of carbonyl (C=O) groups is 1. The fourth-order valence-electron chi connectivity index (χ4n) is 3.37. The van der Waals surface area contributed by atoms with Crippen LogP contribution in [0.4, 0.5) is 4.39 Å². The number of morpholine rings is 1. The number of ether oxygens (including phenoxy) is 2. The topological polar surface area (TPSA) is 42.0 Å².